The van der Waals surface area contributed by atoms with E-state index in [2.05, 4.69) is 29.0 Å². The molecule has 28 heavy (non-hydrogen) atoms. The molecule has 1 unspecified atom stereocenters. The Labute approximate surface area is 170 Å². The number of likely N-dealkylation sites (tertiary alicyclic amines) is 2. The molecule has 0 aliphatic carbocycles. The van der Waals surface area contributed by atoms with Crippen molar-refractivity contribution in [3.63, 3.8) is 0 Å². The fourth-order valence-electron chi connectivity index (χ4n) is 4.32. The summed E-state index contributed by atoms with van der Waals surface area (Å²) in [6.07, 6.45) is 1.63. The van der Waals surface area contributed by atoms with Gasteiger partial charge < -0.3 is 24.6 Å². The molecule has 0 spiro atoms. The lowest BCUT2D eigenvalue weighted by atomic mass is 9.88. The molecule has 3 atom stereocenters. The largest absolute Gasteiger partial charge is 0.462 e. The summed E-state index contributed by atoms with van der Waals surface area (Å²) in [5, 5.41) is 2.99. The Kier molecular flexibility index (Phi) is 8.13. The molecule has 2 aliphatic rings. The highest BCUT2D eigenvalue weighted by molar-refractivity contribution is 5.68. The Bertz CT molecular complexity index is 514. The van der Waals surface area contributed by atoms with Gasteiger partial charge in [-0.15, -0.1) is 0 Å². The minimum Gasteiger partial charge on any atom is -0.462 e. The van der Waals surface area contributed by atoms with E-state index in [0.29, 0.717) is 11.8 Å². The van der Waals surface area contributed by atoms with Gasteiger partial charge in [-0.2, -0.15) is 0 Å². The van der Waals surface area contributed by atoms with Gasteiger partial charge in [-0.3, -0.25) is 4.79 Å². The highest BCUT2D eigenvalue weighted by Crippen LogP contribution is 2.25. The summed E-state index contributed by atoms with van der Waals surface area (Å²) in [4.78, 5) is 28.2. The first-order chi connectivity index (χ1) is 13.0. The second-order valence-electron chi connectivity index (χ2n) is 9.55. The minimum absolute atomic E-state index is 0.0309. The molecule has 0 radical (unpaired) electrons. The van der Waals surface area contributed by atoms with Crippen LogP contribution >= 0.6 is 0 Å². The van der Waals surface area contributed by atoms with Crippen LogP contribution < -0.4 is 5.32 Å². The maximum Gasteiger partial charge on any atom is 0.407 e. The third-order valence-electron chi connectivity index (χ3n) is 5.56. The molecule has 0 aromatic rings. The molecule has 2 aliphatic heterocycles. The average molecular weight is 398 g/mol. The number of esters is 1. The third-order valence-corrected chi connectivity index (χ3v) is 5.56. The number of amides is 1. The second kappa shape index (κ2) is 9.92. The molecular formula is C21H39N3O4. The lowest BCUT2D eigenvalue weighted by molar-refractivity contribution is -0.155. The molecule has 0 aromatic carbocycles. The Hall–Kier alpha value is -1.34. The highest BCUT2D eigenvalue weighted by Gasteiger charge is 2.34. The summed E-state index contributed by atoms with van der Waals surface area (Å²) in [6.45, 7) is 17.5. The summed E-state index contributed by atoms with van der Waals surface area (Å²) >= 11 is 0. The van der Waals surface area contributed by atoms with Crippen molar-refractivity contribution in [2.24, 2.45) is 11.8 Å². The van der Waals surface area contributed by atoms with Gasteiger partial charge in [-0.1, -0.05) is 13.8 Å². The molecule has 2 rings (SSSR count). The predicted molar refractivity (Wildman–Crippen MR) is 109 cm³/mol. The maximum atomic E-state index is 11.9. The van der Waals surface area contributed by atoms with Crippen LogP contribution in [0.3, 0.4) is 0 Å². The van der Waals surface area contributed by atoms with E-state index in [9.17, 15) is 9.59 Å². The normalized spacial score (nSPS) is 28.0. The number of ether oxygens (including phenoxy) is 2. The first kappa shape index (κ1) is 22.9. The average Bonchev–Trinajstić information content (AvgIpc) is 2.55. The zero-order valence-corrected chi connectivity index (χ0v) is 18.5. The summed E-state index contributed by atoms with van der Waals surface area (Å²) in [7, 11) is 0. The van der Waals surface area contributed by atoms with Crippen LogP contribution in [0.5, 0.6) is 0 Å². The van der Waals surface area contributed by atoms with Crippen molar-refractivity contribution in [2.75, 3.05) is 39.3 Å². The Morgan fingerprint density at radius 1 is 1.00 bits per heavy atom. The van der Waals surface area contributed by atoms with Crippen molar-refractivity contribution in [2.45, 2.75) is 72.1 Å². The smallest absolute Gasteiger partial charge is 0.407 e. The van der Waals surface area contributed by atoms with Gasteiger partial charge >= 0.3 is 12.1 Å². The van der Waals surface area contributed by atoms with Crippen LogP contribution in [0.1, 0.15) is 54.4 Å². The Morgan fingerprint density at radius 2 is 1.54 bits per heavy atom. The van der Waals surface area contributed by atoms with E-state index in [4.69, 9.17) is 9.47 Å². The van der Waals surface area contributed by atoms with E-state index in [-0.39, 0.29) is 24.2 Å². The monoisotopic (exact) mass is 397 g/mol. The molecule has 7 heteroatoms. The number of alkyl carbamates (subject to hydrolysis) is 1. The van der Waals surface area contributed by atoms with Gasteiger partial charge in [0, 0.05) is 64.1 Å². The lowest BCUT2D eigenvalue weighted by Crippen LogP contribution is -2.52. The first-order valence-electron chi connectivity index (χ1n) is 10.6. The molecule has 2 saturated heterocycles. The van der Waals surface area contributed by atoms with Crippen LogP contribution in [0.25, 0.3) is 0 Å². The van der Waals surface area contributed by atoms with Crippen LogP contribution in [0, 0.1) is 11.8 Å². The Balaban J connectivity index is 1.67. The van der Waals surface area contributed by atoms with Crippen molar-refractivity contribution >= 4 is 12.1 Å². The molecule has 162 valence electrons. The van der Waals surface area contributed by atoms with Gasteiger partial charge in [0.05, 0.1) is 0 Å². The van der Waals surface area contributed by atoms with Crippen LogP contribution in [0.2, 0.25) is 0 Å². The molecule has 0 bridgehead atoms. The van der Waals surface area contributed by atoms with Crippen LogP contribution in [-0.2, 0) is 14.3 Å². The predicted octanol–water partition coefficient (Wildman–Crippen LogP) is 2.50. The quantitative estimate of drug-likeness (QED) is 0.719. The van der Waals surface area contributed by atoms with Gasteiger partial charge in [-0.05, 0) is 33.6 Å². The number of nitrogens with zero attached hydrogens (tertiary/aromatic N) is 2. The first-order valence-corrected chi connectivity index (χ1v) is 10.6. The van der Waals surface area contributed by atoms with E-state index in [1.807, 2.05) is 20.8 Å². The molecular weight excluding hydrogens is 358 g/mol. The van der Waals surface area contributed by atoms with E-state index in [1.165, 1.54) is 6.92 Å². The fraction of sp³-hybridized carbons (Fsp3) is 0.905. The lowest BCUT2D eigenvalue weighted by Gasteiger charge is -2.41. The maximum absolute atomic E-state index is 11.9. The van der Waals surface area contributed by atoms with Crippen LogP contribution in [0.15, 0.2) is 0 Å². The van der Waals surface area contributed by atoms with Gasteiger partial charge in [0.1, 0.15) is 11.7 Å². The third kappa shape index (κ3) is 7.59. The van der Waals surface area contributed by atoms with Gasteiger partial charge in [0.2, 0.25) is 0 Å². The zero-order chi connectivity index (χ0) is 20.9. The van der Waals surface area contributed by atoms with E-state index in [1.54, 1.807) is 0 Å². The second-order valence-corrected chi connectivity index (χ2v) is 9.55. The number of carbonyl (C=O) groups is 2. The van der Waals surface area contributed by atoms with E-state index < -0.39 is 5.60 Å². The zero-order valence-electron chi connectivity index (χ0n) is 18.5. The molecule has 1 N–H and O–H groups in total. The van der Waals surface area contributed by atoms with E-state index >= 15 is 0 Å². The number of hydrogen-bond acceptors (Lipinski definition) is 6. The summed E-state index contributed by atoms with van der Waals surface area (Å²) < 4.78 is 10.9. The highest BCUT2D eigenvalue weighted by atomic mass is 16.6. The molecule has 0 aromatic heterocycles. The summed E-state index contributed by atoms with van der Waals surface area (Å²) in [5.41, 5.74) is -0.456. The van der Waals surface area contributed by atoms with Gasteiger partial charge in [0.25, 0.3) is 0 Å². The van der Waals surface area contributed by atoms with E-state index in [0.717, 1.165) is 52.1 Å². The number of carbonyl (C=O) groups excluding carboxylic acids is 2. The van der Waals surface area contributed by atoms with Gasteiger partial charge in [-0.25, -0.2) is 4.79 Å². The SMILES string of the molecule is CC(=O)OC1[C@H](C)CN(CCN2CCC(NC(=O)OC(C)(C)C)CC2)C[C@@H]1C. The van der Waals surface area contributed by atoms with Crippen molar-refractivity contribution < 1.29 is 19.1 Å². The van der Waals surface area contributed by atoms with Crippen molar-refractivity contribution in [3.8, 4) is 0 Å². The summed E-state index contributed by atoms with van der Waals surface area (Å²) in [5.74, 6) is 0.535. The van der Waals surface area contributed by atoms with Crippen LogP contribution in [0.4, 0.5) is 4.79 Å². The summed E-state index contributed by atoms with van der Waals surface area (Å²) in [6, 6.07) is 0.200. The number of rotatable bonds is 5. The molecule has 2 fully saturated rings. The number of piperidine rings is 2. The molecule has 1 amide bonds. The van der Waals surface area contributed by atoms with Crippen LogP contribution in [-0.4, -0.2) is 78.9 Å². The number of nitrogens with one attached hydrogen (secondary N) is 1. The van der Waals surface area contributed by atoms with Crippen molar-refractivity contribution in [3.05, 3.63) is 0 Å². The standard InChI is InChI=1S/C21H39N3O4/c1-15-13-24(14-16(2)19(15)27-17(3)25)12-11-23-9-7-18(8-10-23)22-20(26)28-21(4,5)6/h15-16,18-19H,7-14H2,1-6H3,(H,22,26)/t15-,16+,19?. The fourth-order valence-corrected chi connectivity index (χ4v) is 4.32. The van der Waals surface area contributed by atoms with Crippen molar-refractivity contribution in [1.29, 1.82) is 0 Å². The Morgan fingerprint density at radius 3 is 2.04 bits per heavy atom. The number of hydrogen-bond donors (Lipinski definition) is 1. The minimum atomic E-state index is -0.456. The van der Waals surface area contributed by atoms with Crippen molar-refractivity contribution in [1.82, 2.24) is 15.1 Å². The topological polar surface area (TPSA) is 71.1 Å². The molecule has 0 saturated carbocycles. The van der Waals surface area contributed by atoms with Gasteiger partial charge in [0.15, 0.2) is 0 Å². The molecule has 2 heterocycles. The molecule has 7 nitrogen and oxygen atoms in total.